The largest absolute Gasteiger partial charge is 0.385 e. The first kappa shape index (κ1) is 13.2. The maximum atomic E-state index is 13.1. The summed E-state index contributed by atoms with van der Waals surface area (Å²) >= 11 is 0. The Morgan fingerprint density at radius 1 is 1.12 bits per heavy atom. The van der Waals surface area contributed by atoms with E-state index in [1.165, 1.54) is 12.1 Å². The second kappa shape index (κ2) is 4.54. The molecular formula is C14H21FO. The molecule has 0 bridgehead atoms. The fraction of sp³-hybridized carbons (Fsp3) is 0.571. The molecule has 0 aliphatic carbocycles. The van der Waals surface area contributed by atoms with Crippen molar-refractivity contribution in [3.63, 3.8) is 0 Å². The lowest BCUT2D eigenvalue weighted by Crippen LogP contribution is -2.23. The third-order valence-electron chi connectivity index (χ3n) is 2.81. The van der Waals surface area contributed by atoms with E-state index in [9.17, 15) is 9.50 Å². The van der Waals surface area contributed by atoms with Gasteiger partial charge in [0.05, 0.1) is 5.60 Å². The second-order valence-electron chi connectivity index (χ2n) is 5.84. The lowest BCUT2D eigenvalue weighted by Gasteiger charge is -2.28. The Labute approximate surface area is 97.3 Å². The minimum Gasteiger partial charge on any atom is -0.385 e. The van der Waals surface area contributed by atoms with Gasteiger partial charge in [-0.05, 0) is 42.9 Å². The Morgan fingerprint density at radius 2 is 1.75 bits per heavy atom. The van der Waals surface area contributed by atoms with Gasteiger partial charge in [-0.1, -0.05) is 32.9 Å². The molecule has 0 spiro atoms. The van der Waals surface area contributed by atoms with Crippen molar-refractivity contribution in [2.24, 2.45) is 5.41 Å². The van der Waals surface area contributed by atoms with Crippen LogP contribution >= 0.6 is 0 Å². The van der Waals surface area contributed by atoms with Crippen LogP contribution in [0.15, 0.2) is 24.3 Å². The number of aliphatic hydroxyl groups is 1. The van der Waals surface area contributed by atoms with Gasteiger partial charge in [-0.2, -0.15) is 0 Å². The number of hydrogen-bond donors (Lipinski definition) is 1. The Morgan fingerprint density at radius 3 is 2.25 bits per heavy atom. The first-order chi connectivity index (χ1) is 7.21. The topological polar surface area (TPSA) is 20.2 Å². The molecule has 0 fully saturated rings. The summed E-state index contributed by atoms with van der Waals surface area (Å²) in [6.45, 7) is 8.14. The average molecular weight is 224 g/mol. The first-order valence-electron chi connectivity index (χ1n) is 5.69. The van der Waals surface area contributed by atoms with Crippen LogP contribution in [0.25, 0.3) is 0 Å². The number of rotatable bonds is 3. The molecule has 2 heteroatoms. The fourth-order valence-corrected chi connectivity index (χ4v) is 1.59. The molecule has 0 aromatic heterocycles. The van der Waals surface area contributed by atoms with E-state index in [0.29, 0.717) is 12.0 Å². The van der Waals surface area contributed by atoms with Crippen molar-refractivity contribution >= 4 is 0 Å². The van der Waals surface area contributed by atoms with E-state index >= 15 is 0 Å². The molecule has 1 aromatic rings. The van der Waals surface area contributed by atoms with Gasteiger partial charge in [0.1, 0.15) is 5.82 Å². The third kappa shape index (κ3) is 3.93. The zero-order valence-corrected chi connectivity index (χ0v) is 10.5. The zero-order valence-electron chi connectivity index (χ0n) is 10.5. The third-order valence-corrected chi connectivity index (χ3v) is 2.81. The maximum absolute atomic E-state index is 13.1. The zero-order chi connectivity index (χ0) is 12.4. The van der Waals surface area contributed by atoms with Crippen LogP contribution in [-0.4, -0.2) is 5.11 Å². The molecule has 90 valence electrons. The normalized spacial score (nSPS) is 15.9. The van der Waals surface area contributed by atoms with Crippen molar-refractivity contribution in [1.82, 2.24) is 0 Å². The van der Waals surface area contributed by atoms with Crippen LogP contribution in [-0.2, 0) is 5.60 Å². The molecule has 0 aliphatic rings. The highest BCUT2D eigenvalue weighted by Crippen LogP contribution is 2.31. The average Bonchev–Trinajstić information content (AvgIpc) is 2.14. The van der Waals surface area contributed by atoms with Crippen molar-refractivity contribution in [2.75, 3.05) is 0 Å². The number of halogens is 1. The Bertz CT molecular complexity index is 350. The highest BCUT2D eigenvalue weighted by molar-refractivity contribution is 5.22. The SMILES string of the molecule is CC(C)(C)CCC(C)(O)c1cccc(F)c1. The van der Waals surface area contributed by atoms with Crippen molar-refractivity contribution < 1.29 is 9.50 Å². The summed E-state index contributed by atoms with van der Waals surface area (Å²) < 4.78 is 13.1. The minimum atomic E-state index is -0.949. The summed E-state index contributed by atoms with van der Waals surface area (Å²) in [4.78, 5) is 0. The van der Waals surface area contributed by atoms with Gasteiger partial charge >= 0.3 is 0 Å². The van der Waals surface area contributed by atoms with Gasteiger partial charge < -0.3 is 5.11 Å². The predicted molar refractivity (Wildman–Crippen MR) is 64.7 cm³/mol. The summed E-state index contributed by atoms with van der Waals surface area (Å²) in [7, 11) is 0. The van der Waals surface area contributed by atoms with Gasteiger partial charge in [-0.25, -0.2) is 4.39 Å². The minimum absolute atomic E-state index is 0.178. The van der Waals surface area contributed by atoms with Gasteiger partial charge in [-0.3, -0.25) is 0 Å². The summed E-state index contributed by atoms with van der Waals surface area (Å²) in [6, 6.07) is 6.20. The van der Waals surface area contributed by atoms with E-state index in [4.69, 9.17) is 0 Å². The van der Waals surface area contributed by atoms with Crippen molar-refractivity contribution in [2.45, 2.75) is 46.1 Å². The molecule has 1 atom stereocenters. The Kier molecular flexibility index (Phi) is 3.74. The van der Waals surface area contributed by atoms with Crippen LogP contribution < -0.4 is 0 Å². The van der Waals surface area contributed by atoms with Crippen LogP contribution in [0, 0.1) is 11.2 Å². The Hall–Kier alpha value is -0.890. The molecule has 0 saturated carbocycles. The van der Waals surface area contributed by atoms with E-state index in [-0.39, 0.29) is 11.2 Å². The molecule has 0 aliphatic heterocycles. The molecule has 1 nitrogen and oxygen atoms in total. The summed E-state index contributed by atoms with van der Waals surface area (Å²) in [5, 5.41) is 10.3. The van der Waals surface area contributed by atoms with Gasteiger partial charge in [0.25, 0.3) is 0 Å². The molecule has 0 radical (unpaired) electrons. The molecular weight excluding hydrogens is 203 g/mol. The van der Waals surface area contributed by atoms with Gasteiger partial charge in [0, 0.05) is 0 Å². The molecule has 0 heterocycles. The molecule has 16 heavy (non-hydrogen) atoms. The highest BCUT2D eigenvalue weighted by atomic mass is 19.1. The molecule has 0 amide bonds. The van der Waals surface area contributed by atoms with Crippen LogP contribution in [0.3, 0.4) is 0 Å². The molecule has 1 aromatic carbocycles. The predicted octanol–water partition coefficient (Wildman–Crippen LogP) is 3.86. The van der Waals surface area contributed by atoms with Gasteiger partial charge in [-0.15, -0.1) is 0 Å². The van der Waals surface area contributed by atoms with Crippen molar-refractivity contribution in [3.05, 3.63) is 35.6 Å². The van der Waals surface area contributed by atoms with Gasteiger partial charge in [0.2, 0.25) is 0 Å². The fourth-order valence-electron chi connectivity index (χ4n) is 1.59. The second-order valence-corrected chi connectivity index (χ2v) is 5.84. The van der Waals surface area contributed by atoms with E-state index in [0.717, 1.165) is 6.42 Å². The first-order valence-corrected chi connectivity index (χ1v) is 5.69. The lowest BCUT2D eigenvalue weighted by molar-refractivity contribution is 0.0355. The Balaban J connectivity index is 2.77. The standard InChI is InChI=1S/C14H21FO/c1-13(2,3)8-9-14(4,16)11-6-5-7-12(15)10-11/h5-7,10,16H,8-9H2,1-4H3. The van der Waals surface area contributed by atoms with E-state index in [1.807, 2.05) is 0 Å². The molecule has 1 rings (SSSR count). The van der Waals surface area contributed by atoms with Crippen LogP contribution in [0.1, 0.15) is 46.1 Å². The number of hydrogen-bond acceptors (Lipinski definition) is 1. The summed E-state index contributed by atoms with van der Waals surface area (Å²) in [6.07, 6.45) is 1.54. The van der Waals surface area contributed by atoms with E-state index in [1.54, 1.807) is 19.1 Å². The summed E-state index contributed by atoms with van der Waals surface area (Å²) in [5.74, 6) is -0.298. The van der Waals surface area contributed by atoms with Crippen molar-refractivity contribution in [3.8, 4) is 0 Å². The quantitative estimate of drug-likeness (QED) is 0.826. The monoisotopic (exact) mass is 224 g/mol. The van der Waals surface area contributed by atoms with Gasteiger partial charge in [0.15, 0.2) is 0 Å². The van der Waals surface area contributed by atoms with E-state index < -0.39 is 5.60 Å². The maximum Gasteiger partial charge on any atom is 0.123 e. The number of benzene rings is 1. The lowest BCUT2D eigenvalue weighted by atomic mass is 9.82. The molecule has 1 N–H and O–H groups in total. The highest BCUT2D eigenvalue weighted by Gasteiger charge is 2.25. The van der Waals surface area contributed by atoms with Crippen LogP contribution in [0.4, 0.5) is 4.39 Å². The van der Waals surface area contributed by atoms with Crippen molar-refractivity contribution in [1.29, 1.82) is 0 Å². The van der Waals surface area contributed by atoms with Crippen LogP contribution in [0.2, 0.25) is 0 Å². The smallest absolute Gasteiger partial charge is 0.123 e. The van der Waals surface area contributed by atoms with Crippen LogP contribution in [0.5, 0.6) is 0 Å². The van der Waals surface area contributed by atoms with E-state index in [2.05, 4.69) is 20.8 Å². The molecule has 1 unspecified atom stereocenters. The summed E-state index contributed by atoms with van der Waals surface area (Å²) in [5.41, 5.74) is -0.121. The molecule has 0 saturated heterocycles.